The molecule has 20 heavy (non-hydrogen) atoms. The number of piperidine rings is 1. The smallest absolute Gasteiger partial charge is 0.260 e. The van der Waals surface area contributed by atoms with Gasteiger partial charge >= 0.3 is 0 Å². The van der Waals surface area contributed by atoms with E-state index in [2.05, 4.69) is 5.32 Å². The zero-order chi connectivity index (χ0) is 13.7. The number of carbonyl (C=O) groups is 1. The maximum Gasteiger partial charge on any atom is 0.260 e. The molecule has 1 saturated heterocycles. The molecule has 1 amide bonds. The number of likely N-dealkylation sites (tertiary alicyclic amines) is 1. The fourth-order valence-corrected chi connectivity index (χ4v) is 2.42. The summed E-state index contributed by atoms with van der Waals surface area (Å²) in [6.45, 7) is 1.60. The molecule has 1 aromatic carbocycles. The maximum atomic E-state index is 12.1. The van der Waals surface area contributed by atoms with Crippen LogP contribution in [0.15, 0.2) is 24.3 Å². The van der Waals surface area contributed by atoms with Crippen LogP contribution in [0.1, 0.15) is 12.8 Å². The van der Waals surface area contributed by atoms with Crippen molar-refractivity contribution in [3.05, 3.63) is 29.3 Å². The van der Waals surface area contributed by atoms with E-state index in [0.29, 0.717) is 16.8 Å². The Kier molecular flexibility index (Phi) is 7.13. The van der Waals surface area contributed by atoms with Gasteiger partial charge in [0.05, 0.1) is 5.02 Å². The van der Waals surface area contributed by atoms with Crippen molar-refractivity contribution in [1.29, 1.82) is 0 Å². The average molecular weight is 319 g/mol. The number of amides is 1. The van der Waals surface area contributed by atoms with E-state index in [1.54, 1.807) is 12.1 Å². The fourth-order valence-electron chi connectivity index (χ4n) is 2.23. The zero-order valence-corrected chi connectivity index (χ0v) is 13.0. The predicted molar refractivity (Wildman–Crippen MR) is 82.9 cm³/mol. The third kappa shape index (κ3) is 4.54. The second kappa shape index (κ2) is 8.35. The van der Waals surface area contributed by atoms with Gasteiger partial charge in [0.15, 0.2) is 6.61 Å². The van der Waals surface area contributed by atoms with Crippen molar-refractivity contribution in [3.8, 4) is 5.75 Å². The quantitative estimate of drug-likeness (QED) is 0.926. The molecule has 6 heteroatoms. The molecule has 4 nitrogen and oxygen atoms in total. The summed E-state index contributed by atoms with van der Waals surface area (Å²) in [4.78, 5) is 13.9. The van der Waals surface area contributed by atoms with Gasteiger partial charge in [-0.05, 0) is 32.0 Å². The molecule has 1 heterocycles. The van der Waals surface area contributed by atoms with E-state index in [1.165, 1.54) is 0 Å². The summed E-state index contributed by atoms with van der Waals surface area (Å²) in [6, 6.07) is 7.57. The third-order valence-electron chi connectivity index (χ3n) is 3.37. The molecule has 2 rings (SSSR count). The summed E-state index contributed by atoms with van der Waals surface area (Å²) < 4.78 is 5.48. The van der Waals surface area contributed by atoms with Gasteiger partial charge in [-0.25, -0.2) is 0 Å². The van der Waals surface area contributed by atoms with Crippen LogP contribution in [0.3, 0.4) is 0 Å². The van der Waals surface area contributed by atoms with Crippen molar-refractivity contribution in [2.75, 3.05) is 26.7 Å². The first-order chi connectivity index (χ1) is 9.20. The number of nitrogens with zero attached hydrogens (tertiary/aromatic N) is 1. The van der Waals surface area contributed by atoms with Crippen molar-refractivity contribution >= 4 is 29.9 Å². The number of rotatable bonds is 4. The van der Waals surface area contributed by atoms with Gasteiger partial charge < -0.3 is 15.0 Å². The van der Waals surface area contributed by atoms with Crippen molar-refractivity contribution in [1.82, 2.24) is 10.2 Å². The number of nitrogens with one attached hydrogen (secondary N) is 1. The Morgan fingerprint density at radius 3 is 2.95 bits per heavy atom. The van der Waals surface area contributed by atoms with Crippen LogP contribution in [0.5, 0.6) is 5.75 Å². The summed E-state index contributed by atoms with van der Waals surface area (Å²) in [5, 5.41) is 3.75. The Balaban J connectivity index is 0.00000200. The first-order valence-corrected chi connectivity index (χ1v) is 6.91. The summed E-state index contributed by atoms with van der Waals surface area (Å²) in [6.07, 6.45) is 2.15. The van der Waals surface area contributed by atoms with Crippen molar-refractivity contribution in [2.45, 2.75) is 18.9 Å². The largest absolute Gasteiger partial charge is 0.482 e. The standard InChI is InChI=1S/C14H19ClN2O2.ClH/c1-16-11-5-4-8-17(9-11)14(18)10-19-13-7-3-2-6-12(13)15;/h2-3,6-7,11,16H,4-5,8-10H2,1H3;1H. The van der Waals surface area contributed by atoms with Gasteiger partial charge in [0.25, 0.3) is 5.91 Å². The molecule has 1 fully saturated rings. The number of hydrogen-bond donors (Lipinski definition) is 1. The number of benzene rings is 1. The van der Waals surface area contributed by atoms with E-state index >= 15 is 0 Å². The summed E-state index contributed by atoms with van der Waals surface area (Å²) in [5.74, 6) is 0.569. The first-order valence-electron chi connectivity index (χ1n) is 6.53. The molecular formula is C14H20Cl2N2O2. The van der Waals surface area contributed by atoms with Crippen molar-refractivity contribution in [2.24, 2.45) is 0 Å². The number of hydrogen-bond acceptors (Lipinski definition) is 3. The Morgan fingerprint density at radius 1 is 1.50 bits per heavy atom. The van der Waals surface area contributed by atoms with Crippen molar-refractivity contribution < 1.29 is 9.53 Å². The maximum absolute atomic E-state index is 12.1. The summed E-state index contributed by atoms with van der Waals surface area (Å²) >= 11 is 5.98. The Bertz CT molecular complexity index is 443. The molecule has 0 bridgehead atoms. The van der Waals surface area contributed by atoms with Crippen molar-refractivity contribution in [3.63, 3.8) is 0 Å². The van der Waals surface area contributed by atoms with Gasteiger partial charge in [-0.15, -0.1) is 12.4 Å². The highest BCUT2D eigenvalue weighted by molar-refractivity contribution is 6.32. The number of halogens is 2. The third-order valence-corrected chi connectivity index (χ3v) is 3.68. The lowest BCUT2D eigenvalue weighted by Crippen LogP contribution is -2.48. The first kappa shape index (κ1) is 17.1. The molecule has 1 aliphatic rings. The van der Waals surface area contributed by atoms with E-state index in [0.717, 1.165) is 25.9 Å². The number of likely N-dealkylation sites (N-methyl/N-ethyl adjacent to an activating group) is 1. The van der Waals surface area contributed by atoms with E-state index in [9.17, 15) is 4.79 Å². The van der Waals surface area contributed by atoms with Gasteiger partial charge in [0, 0.05) is 19.1 Å². The van der Waals surface area contributed by atoms with Crippen LogP contribution in [0, 0.1) is 0 Å². The van der Waals surface area contributed by atoms with Gasteiger partial charge in [-0.3, -0.25) is 4.79 Å². The van der Waals surface area contributed by atoms with Gasteiger partial charge in [0.1, 0.15) is 5.75 Å². The molecule has 1 N–H and O–H groups in total. The molecule has 0 radical (unpaired) electrons. The second-order valence-corrected chi connectivity index (χ2v) is 5.09. The van der Waals surface area contributed by atoms with E-state index in [-0.39, 0.29) is 24.9 Å². The predicted octanol–water partition coefficient (Wildman–Crippen LogP) is 2.35. The second-order valence-electron chi connectivity index (χ2n) is 4.69. The van der Waals surface area contributed by atoms with Crippen LogP contribution >= 0.6 is 24.0 Å². The molecule has 0 spiro atoms. The van der Waals surface area contributed by atoms with Crippen LogP contribution in [0.25, 0.3) is 0 Å². The van der Waals surface area contributed by atoms with Crippen LogP contribution in [-0.4, -0.2) is 43.6 Å². The van der Waals surface area contributed by atoms with E-state index in [1.807, 2.05) is 24.1 Å². The molecular weight excluding hydrogens is 299 g/mol. The molecule has 1 aliphatic heterocycles. The van der Waals surface area contributed by atoms with Crippen LogP contribution in [0.2, 0.25) is 5.02 Å². The molecule has 1 aromatic rings. The lowest BCUT2D eigenvalue weighted by Gasteiger charge is -2.32. The topological polar surface area (TPSA) is 41.6 Å². The molecule has 0 aromatic heterocycles. The highest BCUT2D eigenvalue weighted by Crippen LogP contribution is 2.23. The van der Waals surface area contributed by atoms with Gasteiger partial charge in [0.2, 0.25) is 0 Å². The molecule has 0 saturated carbocycles. The lowest BCUT2D eigenvalue weighted by atomic mass is 10.1. The summed E-state index contributed by atoms with van der Waals surface area (Å²) in [7, 11) is 1.93. The van der Waals surface area contributed by atoms with E-state index in [4.69, 9.17) is 16.3 Å². The fraction of sp³-hybridized carbons (Fsp3) is 0.500. The Hall–Kier alpha value is -0.970. The Morgan fingerprint density at radius 2 is 2.25 bits per heavy atom. The highest BCUT2D eigenvalue weighted by Gasteiger charge is 2.22. The molecule has 0 aliphatic carbocycles. The van der Waals surface area contributed by atoms with Gasteiger partial charge in [-0.1, -0.05) is 23.7 Å². The van der Waals surface area contributed by atoms with Crippen LogP contribution in [0.4, 0.5) is 0 Å². The number of carbonyl (C=O) groups excluding carboxylic acids is 1. The normalized spacial score (nSPS) is 18.3. The lowest BCUT2D eigenvalue weighted by molar-refractivity contribution is -0.134. The average Bonchev–Trinajstić information content (AvgIpc) is 2.46. The number of para-hydroxylation sites is 1. The van der Waals surface area contributed by atoms with Crippen LogP contribution < -0.4 is 10.1 Å². The van der Waals surface area contributed by atoms with Gasteiger partial charge in [-0.2, -0.15) is 0 Å². The van der Waals surface area contributed by atoms with E-state index < -0.39 is 0 Å². The monoisotopic (exact) mass is 318 g/mol. The zero-order valence-electron chi connectivity index (χ0n) is 11.5. The minimum absolute atomic E-state index is 0. The van der Waals surface area contributed by atoms with Crippen LogP contribution in [-0.2, 0) is 4.79 Å². The highest BCUT2D eigenvalue weighted by atomic mass is 35.5. The minimum atomic E-state index is 0. The molecule has 1 atom stereocenters. The SMILES string of the molecule is CNC1CCCN(C(=O)COc2ccccc2Cl)C1.Cl. The minimum Gasteiger partial charge on any atom is -0.482 e. The molecule has 1 unspecified atom stereocenters. The summed E-state index contributed by atoms with van der Waals surface area (Å²) in [5.41, 5.74) is 0. The Labute approximate surface area is 130 Å². The molecule has 112 valence electrons. The number of ether oxygens (including phenoxy) is 1.